The Morgan fingerprint density at radius 3 is 2.58 bits per heavy atom. The van der Waals surface area contributed by atoms with Crippen LogP contribution < -0.4 is 20.1 Å². The van der Waals surface area contributed by atoms with Gasteiger partial charge in [-0.2, -0.15) is 0 Å². The number of rotatable bonds is 7. The summed E-state index contributed by atoms with van der Waals surface area (Å²) in [7, 11) is 0. The summed E-state index contributed by atoms with van der Waals surface area (Å²) < 4.78 is 10.6. The van der Waals surface area contributed by atoms with Gasteiger partial charge in [-0.1, -0.05) is 18.2 Å². The van der Waals surface area contributed by atoms with E-state index in [2.05, 4.69) is 10.6 Å². The Bertz CT molecular complexity index is 1250. The van der Waals surface area contributed by atoms with Crippen molar-refractivity contribution >= 4 is 35.0 Å². The van der Waals surface area contributed by atoms with Gasteiger partial charge < -0.3 is 20.1 Å². The van der Waals surface area contributed by atoms with Gasteiger partial charge in [0, 0.05) is 17.5 Å². The van der Waals surface area contributed by atoms with Crippen LogP contribution in [0.1, 0.15) is 26.3 Å². The number of nitrogens with zero attached hydrogens (tertiary/aromatic N) is 1. The van der Waals surface area contributed by atoms with Crippen molar-refractivity contribution in [3.8, 4) is 11.5 Å². The summed E-state index contributed by atoms with van der Waals surface area (Å²) in [6.07, 6.45) is 1.81. The minimum atomic E-state index is -0.673. The molecule has 9 nitrogen and oxygen atoms in total. The Hall–Kier alpha value is -4.05. The molecule has 2 N–H and O–H groups in total. The predicted octanol–water partition coefficient (Wildman–Crippen LogP) is 4.23. The Balaban J connectivity index is 1.51. The third-order valence-corrected chi connectivity index (χ3v) is 5.68. The van der Waals surface area contributed by atoms with E-state index in [1.54, 1.807) is 42.5 Å². The van der Waals surface area contributed by atoms with E-state index < -0.39 is 16.7 Å². The van der Waals surface area contributed by atoms with Gasteiger partial charge in [-0.3, -0.25) is 19.7 Å². The summed E-state index contributed by atoms with van der Waals surface area (Å²) in [5.74, 6) is 0.186. The van der Waals surface area contributed by atoms with Gasteiger partial charge in [0.05, 0.1) is 16.2 Å². The van der Waals surface area contributed by atoms with Crippen LogP contribution in [0.25, 0.3) is 0 Å². The molecule has 0 unspecified atom stereocenters. The molecule has 0 bridgehead atoms. The lowest BCUT2D eigenvalue weighted by Crippen LogP contribution is -2.25. The summed E-state index contributed by atoms with van der Waals surface area (Å²) in [6.45, 7) is 0.398. The standard InChI is InChI=1S/C23H19N3O6S/c1-33-15-7-8-19(26(29)30)17(11-15)23(28)25-18-5-3-2-4-16(18)22(27)24-12-14-6-9-20-21(10-14)32-13-31-20/h2-11H,12-13H2,1H3,(H,24,27)(H,25,28). The second kappa shape index (κ2) is 9.61. The monoisotopic (exact) mass is 465 g/mol. The number of amides is 2. The van der Waals surface area contributed by atoms with Crippen molar-refractivity contribution in [2.45, 2.75) is 11.4 Å². The third-order valence-electron chi connectivity index (χ3n) is 4.95. The van der Waals surface area contributed by atoms with E-state index in [1.807, 2.05) is 12.3 Å². The number of nitro groups is 1. The summed E-state index contributed by atoms with van der Waals surface area (Å²) in [5.41, 5.74) is 0.904. The van der Waals surface area contributed by atoms with E-state index in [0.717, 1.165) is 5.56 Å². The molecular formula is C23H19N3O6S. The number of nitrogens with one attached hydrogen (secondary N) is 2. The molecule has 0 saturated carbocycles. The Morgan fingerprint density at radius 1 is 1.00 bits per heavy atom. The molecule has 3 aromatic carbocycles. The van der Waals surface area contributed by atoms with Crippen molar-refractivity contribution in [3.05, 3.63) is 87.5 Å². The lowest BCUT2D eigenvalue weighted by atomic mass is 10.1. The molecule has 4 rings (SSSR count). The molecule has 0 spiro atoms. The number of fused-ring (bicyclic) bond motifs is 1. The average Bonchev–Trinajstić information content (AvgIpc) is 3.30. The minimum absolute atomic E-state index is 0.0811. The van der Waals surface area contributed by atoms with Gasteiger partial charge in [0.15, 0.2) is 11.5 Å². The maximum absolute atomic E-state index is 12.9. The molecule has 168 valence electrons. The van der Waals surface area contributed by atoms with Crippen LogP contribution in [0.5, 0.6) is 11.5 Å². The summed E-state index contributed by atoms with van der Waals surface area (Å²) in [6, 6.07) is 16.2. The van der Waals surface area contributed by atoms with Crippen molar-refractivity contribution in [3.63, 3.8) is 0 Å². The van der Waals surface area contributed by atoms with Crippen molar-refractivity contribution in [1.29, 1.82) is 0 Å². The number of hydrogen-bond donors (Lipinski definition) is 2. The zero-order valence-corrected chi connectivity index (χ0v) is 18.3. The largest absolute Gasteiger partial charge is 0.454 e. The first-order chi connectivity index (χ1) is 16.0. The number of carbonyl (C=O) groups is 2. The van der Waals surface area contributed by atoms with Crippen molar-refractivity contribution in [2.24, 2.45) is 0 Å². The second-order valence-corrected chi connectivity index (χ2v) is 7.89. The van der Waals surface area contributed by atoms with Crippen molar-refractivity contribution in [2.75, 3.05) is 18.4 Å². The van der Waals surface area contributed by atoms with Gasteiger partial charge in [0.25, 0.3) is 17.5 Å². The van der Waals surface area contributed by atoms with Crippen LogP contribution in [-0.2, 0) is 6.54 Å². The summed E-state index contributed by atoms with van der Waals surface area (Å²) in [4.78, 5) is 37.2. The van der Waals surface area contributed by atoms with Crippen molar-refractivity contribution in [1.82, 2.24) is 5.32 Å². The van der Waals surface area contributed by atoms with Gasteiger partial charge in [0.2, 0.25) is 6.79 Å². The fourth-order valence-electron chi connectivity index (χ4n) is 3.29. The number of benzene rings is 3. The maximum atomic E-state index is 12.9. The van der Waals surface area contributed by atoms with Crippen LogP contribution in [-0.4, -0.2) is 29.8 Å². The fraction of sp³-hybridized carbons (Fsp3) is 0.130. The fourth-order valence-corrected chi connectivity index (χ4v) is 3.73. The van der Waals surface area contributed by atoms with E-state index in [4.69, 9.17) is 9.47 Å². The zero-order valence-electron chi connectivity index (χ0n) is 17.5. The Labute approximate surface area is 193 Å². The van der Waals surface area contributed by atoms with Crippen LogP contribution in [0.3, 0.4) is 0 Å². The van der Waals surface area contributed by atoms with Crippen LogP contribution in [0, 0.1) is 10.1 Å². The molecule has 0 aromatic heterocycles. The average molecular weight is 465 g/mol. The van der Waals surface area contributed by atoms with E-state index in [-0.39, 0.29) is 35.8 Å². The lowest BCUT2D eigenvalue weighted by Gasteiger charge is -2.12. The molecule has 10 heteroatoms. The van der Waals surface area contributed by atoms with Crippen LogP contribution in [0.4, 0.5) is 11.4 Å². The van der Waals surface area contributed by atoms with Crippen LogP contribution in [0.15, 0.2) is 65.6 Å². The molecule has 0 radical (unpaired) electrons. The van der Waals surface area contributed by atoms with E-state index in [9.17, 15) is 19.7 Å². The first-order valence-corrected chi connectivity index (χ1v) is 11.1. The van der Waals surface area contributed by atoms with Gasteiger partial charge in [0.1, 0.15) is 5.56 Å². The Morgan fingerprint density at radius 2 is 1.79 bits per heavy atom. The molecule has 0 atom stereocenters. The lowest BCUT2D eigenvalue weighted by molar-refractivity contribution is -0.385. The highest BCUT2D eigenvalue weighted by Crippen LogP contribution is 2.32. The summed E-state index contributed by atoms with van der Waals surface area (Å²) in [5, 5.41) is 16.8. The first-order valence-electron chi connectivity index (χ1n) is 9.86. The smallest absolute Gasteiger partial charge is 0.282 e. The SMILES string of the molecule is CSc1ccc([N+](=O)[O-])c(C(=O)Nc2ccccc2C(=O)NCc2ccc3c(c2)OCO3)c1. The molecule has 1 aliphatic rings. The molecule has 33 heavy (non-hydrogen) atoms. The van der Waals surface area contributed by atoms with E-state index in [1.165, 1.54) is 23.9 Å². The van der Waals surface area contributed by atoms with Crippen LogP contribution >= 0.6 is 11.8 Å². The molecule has 0 fully saturated rings. The van der Waals surface area contributed by atoms with Crippen molar-refractivity contribution < 1.29 is 24.0 Å². The first kappa shape index (κ1) is 22.2. The molecule has 3 aromatic rings. The molecule has 2 amide bonds. The second-order valence-electron chi connectivity index (χ2n) is 7.01. The highest BCUT2D eigenvalue weighted by atomic mass is 32.2. The number of anilines is 1. The molecule has 0 aliphatic carbocycles. The maximum Gasteiger partial charge on any atom is 0.282 e. The minimum Gasteiger partial charge on any atom is -0.454 e. The van der Waals surface area contributed by atoms with Crippen LogP contribution in [0.2, 0.25) is 0 Å². The zero-order chi connectivity index (χ0) is 23.4. The molecule has 0 saturated heterocycles. The number of carbonyl (C=O) groups excluding carboxylic acids is 2. The highest BCUT2D eigenvalue weighted by molar-refractivity contribution is 7.98. The molecule has 1 aliphatic heterocycles. The number of hydrogen-bond acceptors (Lipinski definition) is 7. The quantitative estimate of drug-likeness (QED) is 0.304. The van der Waals surface area contributed by atoms with Gasteiger partial charge in [-0.15, -0.1) is 11.8 Å². The number of ether oxygens (including phenoxy) is 2. The molecular weight excluding hydrogens is 446 g/mol. The Kier molecular flexibility index (Phi) is 6.45. The third kappa shape index (κ3) is 4.90. The summed E-state index contributed by atoms with van der Waals surface area (Å²) >= 11 is 1.36. The topological polar surface area (TPSA) is 120 Å². The van der Waals surface area contributed by atoms with E-state index in [0.29, 0.717) is 16.4 Å². The van der Waals surface area contributed by atoms with Gasteiger partial charge in [-0.05, 0) is 48.2 Å². The van der Waals surface area contributed by atoms with Gasteiger partial charge in [-0.25, -0.2) is 0 Å². The predicted molar refractivity (Wildman–Crippen MR) is 123 cm³/mol. The highest BCUT2D eigenvalue weighted by Gasteiger charge is 2.22. The number of thioether (sulfide) groups is 1. The molecule has 1 heterocycles. The van der Waals surface area contributed by atoms with Gasteiger partial charge >= 0.3 is 0 Å². The number of nitro benzene ring substituents is 1. The number of para-hydroxylation sites is 1. The normalized spacial score (nSPS) is 11.7. The van der Waals surface area contributed by atoms with E-state index >= 15 is 0 Å².